The van der Waals surface area contributed by atoms with Crippen LogP contribution in [-0.2, 0) is 4.79 Å². The Morgan fingerprint density at radius 1 is 1.62 bits per heavy atom. The van der Waals surface area contributed by atoms with Crippen molar-refractivity contribution in [1.82, 2.24) is 4.98 Å². The first-order valence-electron chi connectivity index (χ1n) is 3.74. The van der Waals surface area contributed by atoms with E-state index in [1.807, 2.05) is 0 Å². The lowest BCUT2D eigenvalue weighted by Gasteiger charge is -2.08. The molecule has 0 unspecified atom stereocenters. The van der Waals surface area contributed by atoms with Gasteiger partial charge in [0.15, 0.2) is 0 Å². The zero-order valence-electron chi connectivity index (χ0n) is 6.90. The third-order valence-corrected chi connectivity index (χ3v) is 1.78. The molecule has 1 aromatic heterocycles. The van der Waals surface area contributed by atoms with Crippen molar-refractivity contribution in [2.45, 2.75) is 12.5 Å². The first-order valence-corrected chi connectivity index (χ1v) is 4.11. The van der Waals surface area contributed by atoms with Crippen molar-refractivity contribution >= 4 is 17.5 Å². The highest BCUT2D eigenvalue weighted by Crippen LogP contribution is 2.16. The molecule has 1 amide bonds. The topological polar surface area (TPSA) is 82.0 Å². The number of pyridine rings is 1. The lowest BCUT2D eigenvalue weighted by molar-refractivity contribution is -0.118. The van der Waals surface area contributed by atoms with E-state index >= 15 is 0 Å². The van der Waals surface area contributed by atoms with Gasteiger partial charge in [-0.3, -0.25) is 9.78 Å². The number of hydrogen-bond donors (Lipinski definition) is 2. The molecule has 0 aliphatic heterocycles. The molecule has 0 aliphatic carbocycles. The highest BCUT2D eigenvalue weighted by atomic mass is 35.5. The van der Waals surface area contributed by atoms with Crippen molar-refractivity contribution in [3.8, 4) is 0 Å². The minimum atomic E-state index is -0.438. The summed E-state index contributed by atoms with van der Waals surface area (Å²) >= 11 is 5.69. The minimum Gasteiger partial charge on any atom is -0.370 e. The van der Waals surface area contributed by atoms with E-state index in [0.717, 1.165) is 0 Å². The van der Waals surface area contributed by atoms with Crippen molar-refractivity contribution in [3.63, 3.8) is 0 Å². The van der Waals surface area contributed by atoms with Gasteiger partial charge >= 0.3 is 0 Å². The number of hydrogen-bond acceptors (Lipinski definition) is 3. The number of rotatable bonds is 3. The average Bonchev–Trinajstić information content (AvgIpc) is 2.03. The van der Waals surface area contributed by atoms with Crippen molar-refractivity contribution in [3.05, 3.63) is 29.0 Å². The fourth-order valence-electron chi connectivity index (χ4n) is 0.966. The highest BCUT2D eigenvalue weighted by molar-refractivity contribution is 6.30. The van der Waals surface area contributed by atoms with E-state index in [4.69, 9.17) is 23.1 Å². The van der Waals surface area contributed by atoms with Crippen LogP contribution in [0.2, 0.25) is 5.02 Å². The predicted octanol–water partition coefficient (Wildman–Crippen LogP) is 0.610. The van der Waals surface area contributed by atoms with E-state index in [1.165, 1.54) is 6.20 Å². The number of carbonyl (C=O) groups excluding carboxylic acids is 1. The molecular weight excluding hydrogens is 190 g/mol. The second-order valence-corrected chi connectivity index (χ2v) is 3.15. The summed E-state index contributed by atoms with van der Waals surface area (Å²) in [5.74, 6) is -0.438. The summed E-state index contributed by atoms with van der Waals surface area (Å²) in [6.07, 6.45) is 3.17. The van der Waals surface area contributed by atoms with Gasteiger partial charge in [0.05, 0.1) is 5.02 Å². The normalized spacial score (nSPS) is 12.5. The molecule has 1 heterocycles. The summed E-state index contributed by atoms with van der Waals surface area (Å²) in [6.45, 7) is 0. The van der Waals surface area contributed by atoms with Crippen LogP contribution in [0.5, 0.6) is 0 Å². The van der Waals surface area contributed by atoms with Crippen molar-refractivity contribution in [2.24, 2.45) is 11.5 Å². The molecule has 70 valence electrons. The third kappa shape index (κ3) is 3.01. The molecule has 0 fully saturated rings. The number of carbonyl (C=O) groups is 1. The lowest BCUT2D eigenvalue weighted by atomic mass is 10.1. The highest BCUT2D eigenvalue weighted by Gasteiger charge is 2.09. The number of nitrogens with zero attached hydrogens (tertiary/aromatic N) is 1. The van der Waals surface area contributed by atoms with Crippen LogP contribution in [-0.4, -0.2) is 10.9 Å². The summed E-state index contributed by atoms with van der Waals surface area (Å²) in [5.41, 5.74) is 11.4. The molecule has 0 radical (unpaired) electrons. The van der Waals surface area contributed by atoms with Crippen LogP contribution in [0.1, 0.15) is 18.0 Å². The summed E-state index contributed by atoms with van der Waals surface area (Å²) < 4.78 is 0. The van der Waals surface area contributed by atoms with Gasteiger partial charge in [0.2, 0.25) is 5.91 Å². The van der Waals surface area contributed by atoms with Crippen molar-refractivity contribution in [2.75, 3.05) is 0 Å². The number of nitrogens with two attached hydrogens (primary N) is 2. The van der Waals surface area contributed by atoms with Gasteiger partial charge < -0.3 is 11.5 Å². The van der Waals surface area contributed by atoms with Crippen LogP contribution in [0, 0.1) is 0 Å². The quantitative estimate of drug-likeness (QED) is 0.749. The largest absolute Gasteiger partial charge is 0.370 e. The second kappa shape index (κ2) is 4.20. The van der Waals surface area contributed by atoms with Crippen LogP contribution < -0.4 is 11.5 Å². The van der Waals surface area contributed by atoms with Gasteiger partial charge in [-0.2, -0.15) is 0 Å². The van der Waals surface area contributed by atoms with Crippen LogP contribution in [0.3, 0.4) is 0 Å². The smallest absolute Gasteiger partial charge is 0.219 e. The zero-order chi connectivity index (χ0) is 9.84. The molecule has 0 saturated heterocycles. The maximum Gasteiger partial charge on any atom is 0.219 e. The van der Waals surface area contributed by atoms with Crippen LogP contribution in [0.25, 0.3) is 0 Å². The van der Waals surface area contributed by atoms with Gasteiger partial charge in [0, 0.05) is 24.9 Å². The molecule has 4 nitrogen and oxygen atoms in total. The van der Waals surface area contributed by atoms with Gasteiger partial charge in [-0.25, -0.2) is 0 Å². The van der Waals surface area contributed by atoms with E-state index in [2.05, 4.69) is 4.98 Å². The predicted molar refractivity (Wildman–Crippen MR) is 50.0 cm³/mol. The lowest BCUT2D eigenvalue weighted by Crippen LogP contribution is -2.20. The maximum absolute atomic E-state index is 10.6. The standard InChI is InChI=1S/C8H10ClN3O/c9-6-1-5(3-12-4-6)7(10)2-8(11)13/h1,3-4,7H,2,10H2,(H2,11,13)/t7-/m0/s1. The molecular formula is C8H10ClN3O. The monoisotopic (exact) mass is 199 g/mol. The van der Waals surface area contributed by atoms with Gasteiger partial charge in [0.1, 0.15) is 0 Å². The second-order valence-electron chi connectivity index (χ2n) is 2.71. The molecule has 0 saturated carbocycles. The van der Waals surface area contributed by atoms with Gasteiger partial charge in [-0.05, 0) is 11.6 Å². The Balaban J connectivity index is 2.76. The minimum absolute atomic E-state index is 0.0992. The molecule has 1 rings (SSSR count). The molecule has 1 aromatic rings. The Kier molecular flexibility index (Phi) is 3.22. The van der Waals surface area contributed by atoms with E-state index in [-0.39, 0.29) is 6.42 Å². The van der Waals surface area contributed by atoms with E-state index < -0.39 is 11.9 Å². The Morgan fingerprint density at radius 3 is 2.85 bits per heavy atom. The van der Waals surface area contributed by atoms with E-state index in [0.29, 0.717) is 10.6 Å². The number of aromatic nitrogens is 1. The molecule has 0 aromatic carbocycles. The third-order valence-electron chi connectivity index (χ3n) is 1.58. The van der Waals surface area contributed by atoms with Crippen LogP contribution in [0.15, 0.2) is 18.5 Å². The summed E-state index contributed by atoms with van der Waals surface area (Å²) in [4.78, 5) is 14.4. The molecule has 1 atom stereocenters. The van der Waals surface area contributed by atoms with Crippen LogP contribution in [0.4, 0.5) is 0 Å². The SMILES string of the molecule is NC(=O)C[C@H](N)c1cncc(Cl)c1. The van der Waals surface area contributed by atoms with Crippen molar-refractivity contribution < 1.29 is 4.79 Å². The first-order chi connectivity index (χ1) is 6.09. The van der Waals surface area contributed by atoms with E-state index in [1.54, 1.807) is 12.3 Å². The molecule has 4 N–H and O–H groups in total. The first kappa shape index (κ1) is 9.95. The Morgan fingerprint density at radius 2 is 2.31 bits per heavy atom. The fourth-order valence-corrected chi connectivity index (χ4v) is 1.15. The molecule has 0 spiro atoms. The number of halogens is 1. The van der Waals surface area contributed by atoms with Gasteiger partial charge in [-0.15, -0.1) is 0 Å². The summed E-state index contributed by atoms with van der Waals surface area (Å²) in [5, 5.41) is 0.498. The Hall–Kier alpha value is -1.13. The van der Waals surface area contributed by atoms with Gasteiger partial charge in [0.25, 0.3) is 0 Å². The molecule has 5 heteroatoms. The summed E-state index contributed by atoms with van der Waals surface area (Å²) in [6, 6.07) is 1.24. The number of amides is 1. The van der Waals surface area contributed by atoms with Crippen LogP contribution >= 0.6 is 11.6 Å². The molecule has 13 heavy (non-hydrogen) atoms. The Bertz CT molecular complexity index is 316. The number of primary amides is 1. The molecule has 0 bridgehead atoms. The zero-order valence-corrected chi connectivity index (χ0v) is 7.66. The average molecular weight is 200 g/mol. The van der Waals surface area contributed by atoms with Gasteiger partial charge in [-0.1, -0.05) is 11.6 Å². The fraction of sp³-hybridized carbons (Fsp3) is 0.250. The van der Waals surface area contributed by atoms with Crippen molar-refractivity contribution in [1.29, 1.82) is 0 Å². The Labute approximate surface area is 80.9 Å². The van der Waals surface area contributed by atoms with E-state index in [9.17, 15) is 4.79 Å². The maximum atomic E-state index is 10.6. The molecule has 0 aliphatic rings. The summed E-state index contributed by atoms with van der Waals surface area (Å²) in [7, 11) is 0.